The number of hydrogen-bond donors (Lipinski definition) is 2. The predicted octanol–water partition coefficient (Wildman–Crippen LogP) is 2.39. The fraction of sp³-hybridized carbons (Fsp3) is 0.333. The molecule has 2 aromatic carbocycles. The molecule has 6 nitrogen and oxygen atoms in total. The lowest BCUT2D eigenvalue weighted by Crippen LogP contribution is -2.36. The van der Waals surface area contributed by atoms with Gasteiger partial charge in [-0.3, -0.25) is 14.4 Å². The van der Waals surface area contributed by atoms with E-state index in [-0.39, 0.29) is 24.4 Å². The first-order valence-corrected chi connectivity index (χ1v) is 9.17. The molecule has 0 saturated carbocycles. The Balaban J connectivity index is 1.46. The van der Waals surface area contributed by atoms with Crippen LogP contribution >= 0.6 is 0 Å². The molecule has 0 spiro atoms. The fourth-order valence-corrected chi connectivity index (χ4v) is 4.18. The second kappa shape index (κ2) is 7.50. The minimum absolute atomic E-state index is 0.0482. The van der Waals surface area contributed by atoms with E-state index in [9.17, 15) is 9.59 Å². The normalized spacial score (nSPS) is 20.9. The van der Waals surface area contributed by atoms with E-state index in [4.69, 9.17) is 9.94 Å². The lowest BCUT2D eigenvalue weighted by molar-refractivity contribution is -0.185. The van der Waals surface area contributed by atoms with Crippen molar-refractivity contribution in [1.29, 1.82) is 0 Å². The highest BCUT2D eigenvalue weighted by Gasteiger charge is 2.33. The summed E-state index contributed by atoms with van der Waals surface area (Å²) in [7, 11) is 0. The van der Waals surface area contributed by atoms with Crippen molar-refractivity contribution in [2.45, 2.75) is 30.8 Å². The van der Waals surface area contributed by atoms with Gasteiger partial charge in [0.1, 0.15) is 0 Å². The van der Waals surface area contributed by atoms with Crippen molar-refractivity contribution in [3.05, 3.63) is 59.7 Å². The zero-order valence-corrected chi connectivity index (χ0v) is 14.9. The highest BCUT2D eigenvalue weighted by molar-refractivity contribution is 5.78. The Labute approximate surface area is 157 Å². The molecule has 27 heavy (non-hydrogen) atoms. The predicted molar refractivity (Wildman–Crippen MR) is 100 cm³/mol. The zero-order valence-electron chi connectivity index (χ0n) is 14.9. The molecule has 140 valence electrons. The summed E-state index contributed by atoms with van der Waals surface area (Å²) < 4.78 is 0. The first-order chi connectivity index (χ1) is 13.2. The van der Waals surface area contributed by atoms with Crippen LogP contribution in [0, 0.1) is 0 Å². The van der Waals surface area contributed by atoms with E-state index >= 15 is 0 Å². The summed E-state index contributed by atoms with van der Waals surface area (Å²) in [5, 5.41) is 13.4. The molecule has 1 heterocycles. The van der Waals surface area contributed by atoms with Crippen molar-refractivity contribution in [3.63, 3.8) is 0 Å². The Bertz CT molecular complexity index is 808. The smallest absolute Gasteiger partial charge is 0.304 e. The fourth-order valence-electron chi connectivity index (χ4n) is 4.18. The minimum atomic E-state index is -0.842. The molecule has 2 aliphatic rings. The quantitative estimate of drug-likeness (QED) is 0.581. The molecule has 1 aliphatic heterocycles. The van der Waals surface area contributed by atoms with Crippen LogP contribution in [0.15, 0.2) is 48.5 Å². The molecule has 1 aliphatic carbocycles. The van der Waals surface area contributed by atoms with E-state index < -0.39 is 5.97 Å². The van der Waals surface area contributed by atoms with E-state index in [0.717, 1.165) is 0 Å². The van der Waals surface area contributed by atoms with Crippen LogP contribution in [0.4, 0.5) is 0 Å². The van der Waals surface area contributed by atoms with Gasteiger partial charge in [0.05, 0.1) is 19.1 Å². The Morgan fingerprint density at radius 2 is 1.78 bits per heavy atom. The van der Waals surface area contributed by atoms with Crippen molar-refractivity contribution < 1.29 is 19.5 Å². The maximum absolute atomic E-state index is 11.6. The molecule has 4 rings (SSSR count). The third kappa shape index (κ3) is 3.46. The van der Waals surface area contributed by atoms with Crippen LogP contribution in [0.5, 0.6) is 0 Å². The molecule has 0 radical (unpaired) electrons. The molecule has 6 heteroatoms. The van der Waals surface area contributed by atoms with Gasteiger partial charge in [-0.25, -0.2) is 5.06 Å². The first-order valence-electron chi connectivity index (χ1n) is 9.17. The van der Waals surface area contributed by atoms with Gasteiger partial charge >= 0.3 is 5.97 Å². The van der Waals surface area contributed by atoms with Crippen molar-refractivity contribution in [1.82, 2.24) is 10.4 Å². The summed E-state index contributed by atoms with van der Waals surface area (Å²) in [5.74, 6) is -0.769. The number of amides is 1. The SMILES string of the molecule is O=CN(OCC1c2ccccc2-c2ccccc21)C1CNC(CC(=O)O)C1. The molecule has 1 fully saturated rings. The van der Waals surface area contributed by atoms with Gasteiger partial charge in [-0.15, -0.1) is 0 Å². The number of nitrogens with zero attached hydrogens (tertiary/aromatic N) is 1. The highest BCUT2D eigenvalue weighted by atomic mass is 16.7. The summed E-state index contributed by atoms with van der Waals surface area (Å²) >= 11 is 0. The Morgan fingerprint density at radius 3 is 2.37 bits per heavy atom. The maximum Gasteiger partial charge on any atom is 0.304 e. The van der Waals surface area contributed by atoms with E-state index in [1.807, 2.05) is 24.3 Å². The zero-order chi connectivity index (χ0) is 18.8. The van der Waals surface area contributed by atoms with Crippen molar-refractivity contribution in [2.24, 2.45) is 0 Å². The van der Waals surface area contributed by atoms with Crippen LogP contribution in [0.2, 0.25) is 0 Å². The number of hydrogen-bond acceptors (Lipinski definition) is 4. The average Bonchev–Trinajstić information content (AvgIpc) is 3.25. The number of rotatable bonds is 7. The number of fused-ring (bicyclic) bond motifs is 3. The molecule has 1 saturated heterocycles. The van der Waals surface area contributed by atoms with Gasteiger partial charge in [-0.2, -0.15) is 0 Å². The van der Waals surface area contributed by atoms with Gasteiger partial charge < -0.3 is 10.4 Å². The molecular weight excluding hydrogens is 344 g/mol. The van der Waals surface area contributed by atoms with Crippen LogP contribution in [0.1, 0.15) is 29.9 Å². The van der Waals surface area contributed by atoms with Crippen LogP contribution < -0.4 is 5.32 Å². The Morgan fingerprint density at radius 1 is 1.15 bits per heavy atom. The molecule has 0 bridgehead atoms. The van der Waals surface area contributed by atoms with Crippen molar-refractivity contribution >= 4 is 12.4 Å². The summed E-state index contributed by atoms with van der Waals surface area (Å²) in [5.41, 5.74) is 4.84. The number of hydroxylamine groups is 2. The Kier molecular flexibility index (Phi) is 4.92. The van der Waals surface area contributed by atoms with E-state index in [1.54, 1.807) is 0 Å². The molecule has 1 amide bonds. The number of carbonyl (C=O) groups excluding carboxylic acids is 1. The van der Waals surface area contributed by atoms with Crippen molar-refractivity contribution in [2.75, 3.05) is 13.2 Å². The molecule has 2 unspecified atom stereocenters. The number of nitrogens with one attached hydrogen (secondary N) is 1. The lowest BCUT2D eigenvalue weighted by atomic mass is 9.98. The number of carboxylic acids is 1. The summed E-state index contributed by atoms with van der Waals surface area (Å²) in [6, 6.07) is 16.3. The standard InChI is InChI=1S/C21H22N2O4/c24-13-23(15-9-14(22-11-15)10-21(25)26)27-12-20-18-7-3-1-5-16(18)17-6-2-4-8-19(17)20/h1-8,13-15,20,22H,9-12H2,(H,25,26). The number of aliphatic carboxylic acids is 1. The summed E-state index contributed by atoms with van der Waals surface area (Å²) in [6.45, 7) is 0.904. The van der Waals surface area contributed by atoms with E-state index in [1.165, 1.54) is 27.3 Å². The maximum atomic E-state index is 11.6. The van der Waals surface area contributed by atoms with Crippen LogP contribution in [0.3, 0.4) is 0 Å². The Hall–Kier alpha value is -2.70. The molecule has 2 N–H and O–H groups in total. The van der Waals surface area contributed by atoms with E-state index in [2.05, 4.69) is 29.6 Å². The number of carbonyl (C=O) groups is 2. The molecule has 2 aromatic rings. The van der Waals surface area contributed by atoms with Crippen LogP contribution in [-0.4, -0.2) is 47.8 Å². The van der Waals surface area contributed by atoms with Gasteiger partial charge in [0.25, 0.3) is 0 Å². The summed E-state index contributed by atoms with van der Waals surface area (Å²) in [4.78, 5) is 28.4. The van der Waals surface area contributed by atoms with E-state index in [0.29, 0.717) is 26.0 Å². The van der Waals surface area contributed by atoms with Crippen LogP contribution in [0.25, 0.3) is 11.1 Å². The molecular formula is C21H22N2O4. The van der Waals surface area contributed by atoms with Gasteiger partial charge in [-0.05, 0) is 28.7 Å². The average molecular weight is 366 g/mol. The first kappa shape index (κ1) is 17.7. The van der Waals surface area contributed by atoms with Gasteiger partial charge in [0, 0.05) is 18.5 Å². The minimum Gasteiger partial charge on any atom is -0.481 e. The number of benzene rings is 2. The number of carboxylic acid groups (broad SMARTS) is 1. The molecule has 0 aromatic heterocycles. The van der Waals surface area contributed by atoms with Gasteiger partial charge in [-0.1, -0.05) is 48.5 Å². The largest absolute Gasteiger partial charge is 0.481 e. The second-order valence-corrected chi connectivity index (χ2v) is 7.08. The monoisotopic (exact) mass is 366 g/mol. The third-order valence-corrected chi connectivity index (χ3v) is 5.44. The topological polar surface area (TPSA) is 78.9 Å². The van der Waals surface area contributed by atoms with Gasteiger partial charge in [0.15, 0.2) is 0 Å². The summed E-state index contributed by atoms with van der Waals surface area (Å²) in [6.07, 6.45) is 1.32. The molecule has 2 atom stereocenters. The lowest BCUT2D eigenvalue weighted by Gasteiger charge is -2.25. The van der Waals surface area contributed by atoms with Crippen LogP contribution in [-0.2, 0) is 14.4 Å². The second-order valence-electron chi connectivity index (χ2n) is 7.08. The highest BCUT2D eigenvalue weighted by Crippen LogP contribution is 2.44. The van der Waals surface area contributed by atoms with Crippen molar-refractivity contribution in [3.8, 4) is 11.1 Å². The van der Waals surface area contributed by atoms with Gasteiger partial charge in [0.2, 0.25) is 6.41 Å². The third-order valence-electron chi connectivity index (χ3n) is 5.44.